The lowest BCUT2D eigenvalue weighted by Gasteiger charge is -2.07. The lowest BCUT2D eigenvalue weighted by Crippen LogP contribution is -2.28. The van der Waals surface area contributed by atoms with Gasteiger partial charge in [0, 0.05) is 23.8 Å². The number of fused-ring (bicyclic) bond motifs is 1. The van der Waals surface area contributed by atoms with Crippen LogP contribution in [0.1, 0.15) is 13.8 Å². The van der Waals surface area contributed by atoms with Crippen LogP contribution in [0, 0.1) is 17.2 Å². The van der Waals surface area contributed by atoms with E-state index in [9.17, 15) is 4.79 Å². The second kappa shape index (κ2) is 6.57. The van der Waals surface area contributed by atoms with E-state index in [0.717, 1.165) is 16.6 Å². The van der Waals surface area contributed by atoms with Crippen LogP contribution in [0.3, 0.4) is 0 Å². The standard InChI is InChI=1S/C15H17N5O/c1-10(2)7-18-15(21)12(6-16)8-17-13-4-3-11-9-19-20-14(11)5-13/h3-5,8-10,17H,7H2,1-2H3,(H,18,21)(H,19,20)/b12-8-. The summed E-state index contributed by atoms with van der Waals surface area (Å²) in [7, 11) is 0. The molecule has 108 valence electrons. The van der Waals surface area contributed by atoms with Crippen molar-refractivity contribution in [3.05, 3.63) is 36.2 Å². The molecule has 3 N–H and O–H groups in total. The van der Waals surface area contributed by atoms with Crippen molar-refractivity contribution in [1.29, 1.82) is 5.26 Å². The second-order valence-corrected chi connectivity index (χ2v) is 5.09. The summed E-state index contributed by atoms with van der Waals surface area (Å²) in [5, 5.41) is 22.5. The Morgan fingerprint density at radius 1 is 1.52 bits per heavy atom. The zero-order valence-electron chi connectivity index (χ0n) is 12.0. The van der Waals surface area contributed by atoms with E-state index < -0.39 is 0 Å². The van der Waals surface area contributed by atoms with Crippen LogP contribution in [-0.4, -0.2) is 22.6 Å². The van der Waals surface area contributed by atoms with Gasteiger partial charge in [0.25, 0.3) is 5.91 Å². The minimum Gasteiger partial charge on any atom is -0.360 e. The highest BCUT2D eigenvalue weighted by atomic mass is 16.1. The Bertz CT molecular complexity index is 708. The maximum absolute atomic E-state index is 11.8. The molecule has 1 aromatic carbocycles. The molecule has 1 heterocycles. The van der Waals surface area contributed by atoms with Gasteiger partial charge in [0.15, 0.2) is 0 Å². The number of aromatic nitrogens is 2. The van der Waals surface area contributed by atoms with Gasteiger partial charge in [0.05, 0.1) is 11.7 Å². The molecule has 0 aliphatic heterocycles. The number of nitrogens with one attached hydrogen (secondary N) is 3. The van der Waals surface area contributed by atoms with Crippen LogP contribution in [0.25, 0.3) is 10.9 Å². The number of carbonyl (C=O) groups excluding carboxylic acids is 1. The first-order valence-corrected chi connectivity index (χ1v) is 6.68. The molecule has 2 rings (SSSR count). The summed E-state index contributed by atoms with van der Waals surface area (Å²) in [6.45, 7) is 4.53. The Morgan fingerprint density at radius 3 is 3.05 bits per heavy atom. The Hall–Kier alpha value is -2.81. The predicted molar refractivity (Wildman–Crippen MR) is 81.3 cm³/mol. The second-order valence-electron chi connectivity index (χ2n) is 5.09. The third-order valence-corrected chi connectivity index (χ3v) is 2.86. The average molecular weight is 283 g/mol. The van der Waals surface area contributed by atoms with E-state index in [1.165, 1.54) is 6.20 Å². The molecule has 2 aromatic rings. The van der Waals surface area contributed by atoms with Gasteiger partial charge in [-0.2, -0.15) is 10.4 Å². The minimum absolute atomic E-state index is 0.0420. The fourth-order valence-corrected chi connectivity index (χ4v) is 1.72. The molecule has 1 aromatic heterocycles. The number of nitriles is 1. The number of aromatic amines is 1. The van der Waals surface area contributed by atoms with E-state index >= 15 is 0 Å². The van der Waals surface area contributed by atoms with Crippen molar-refractivity contribution in [2.24, 2.45) is 5.92 Å². The molecule has 21 heavy (non-hydrogen) atoms. The summed E-state index contributed by atoms with van der Waals surface area (Å²) in [5.74, 6) is -0.0362. The largest absolute Gasteiger partial charge is 0.360 e. The smallest absolute Gasteiger partial charge is 0.263 e. The molecule has 0 aliphatic carbocycles. The zero-order chi connectivity index (χ0) is 15.2. The van der Waals surface area contributed by atoms with E-state index in [0.29, 0.717) is 12.5 Å². The van der Waals surface area contributed by atoms with Gasteiger partial charge in [0.2, 0.25) is 0 Å². The van der Waals surface area contributed by atoms with E-state index in [4.69, 9.17) is 5.26 Å². The van der Waals surface area contributed by atoms with E-state index in [-0.39, 0.29) is 11.5 Å². The molecule has 0 bridgehead atoms. The first-order valence-electron chi connectivity index (χ1n) is 6.68. The van der Waals surface area contributed by atoms with E-state index in [1.54, 1.807) is 6.20 Å². The molecule has 0 unspecified atom stereocenters. The van der Waals surface area contributed by atoms with Crippen molar-refractivity contribution < 1.29 is 4.79 Å². The van der Waals surface area contributed by atoms with Gasteiger partial charge in [-0.1, -0.05) is 13.8 Å². The van der Waals surface area contributed by atoms with Crippen molar-refractivity contribution >= 4 is 22.5 Å². The summed E-state index contributed by atoms with van der Waals surface area (Å²) in [6, 6.07) is 7.51. The highest BCUT2D eigenvalue weighted by molar-refractivity contribution is 5.97. The third kappa shape index (κ3) is 3.83. The van der Waals surface area contributed by atoms with Gasteiger partial charge >= 0.3 is 0 Å². The monoisotopic (exact) mass is 283 g/mol. The average Bonchev–Trinajstić information content (AvgIpc) is 2.93. The van der Waals surface area contributed by atoms with Crippen LogP contribution in [0.4, 0.5) is 5.69 Å². The van der Waals surface area contributed by atoms with Gasteiger partial charge in [-0.15, -0.1) is 0 Å². The number of H-pyrrole nitrogens is 1. The Kier molecular flexibility index (Phi) is 4.57. The van der Waals surface area contributed by atoms with Crippen LogP contribution < -0.4 is 10.6 Å². The Morgan fingerprint density at radius 2 is 2.33 bits per heavy atom. The number of benzene rings is 1. The van der Waals surface area contributed by atoms with Crippen LogP contribution in [0.15, 0.2) is 36.2 Å². The van der Waals surface area contributed by atoms with E-state index in [1.807, 2.05) is 38.1 Å². The highest BCUT2D eigenvalue weighted by Crippen LogP contribution is 2.16. The normalized spacial score (nSPS) is 11.4. The van der Waals surface area contributed by atoms with Crippen LogP contribution in [-0.2, 0) is 4.79 Å². The van der Waals surface area contributed by atoms with Crippen molar-refractivity contribution in [2.45, 2.75) is 13.8 Å². The van der Waals surface area contributed by atoms with Crippen LogP contribution in [0.5, 0.6) is 0 Å². The molecule has 0 radical (unpaired) electrons. The summed E-state index contributed by atoms with van der Waals surface area (Å²) in [5.41, 5.74) is 1.70. The molecule has 0 saturated heterocycles. The van der Waals surface area contributed by atoms with Crippen LogP contribution >= 0.6 is 0 Å². The number of amides is 1. The fraction of sp³-hybridized carbons (Fsp3) is 0.267. The summed E-state index contributed by atoms with van der Waals surface area (Å²) >= 11 is 0. The molecule has 0 spiro atoms. The van der Waals surface area contributed by atoms with Crippen molar-refractivity contribution in [3.8, 4) is 6.07 Å². The zero-order valence-corrected chi connectivity index (χ0v) is 12.0. The molecule has 1 amide bonds. The molecular weight excluding hydrogens is 266 g/mol. The lowest BCUT2D eigenvalue weighted by atomic mass is 10.2. The molecule has 0 aliphatic rings. The summed E-state index contributed by atoms with van der Waals surface area (Å²) < 4.78 is 0. The lowest BCUT2D eigenvalue weighted by molar-refractivity contribution is -0.117. The molecule has 0 saturated carbocycles. The summed E-state index contributed by atoms with van der Waals surface area (Å²) in [6.07, 6.45) is 3.14. The number of hydrogen-bond donors (Lipinski definition) is 3. The van der Waals surface area contributed by atoms with Crippen LogP contribution in [0.2, 0.25) is 0 Å². The number of hydrogen-bond acceptors (Lipinski definition) is 4. The molecular formula is C15H17N5O. The SMILES string of the molecule is CC(C)CNC(=O)/C(C#N)=C\Nc1ccc2cn[nH]c2c1. The summed E-state index contributed by atoms with van der Waals surface area (Å²) in [4.78, 5) is 11.8. The first-order chi connectivity index (χ1) is 10.1. The maximum atomic E-state index is 11.8. The molecule has 6 nitrogen and oxygen atoms in total. The van der Waals surface area contributed by atoms with Gasteiger partial charge in [-0.25, -0.2) is 0 Å². The molecule has 0 atom stereocenters. The minimum atomic E-state index is -0.374. The van der Waals surface area contributed by atoms with E-state index in [2.05, 4.69) is 20.8 Å². The first kappa shape index (κ1) is 14.6. The van der Waals surface area contributed by atoms with Gasteiger partial charge < -0.3 is 10.6 Å². The maximum Gasteiger partial charge on any atom is 0.263 e. The fourth-order valence-electron chi connectivity index (χ4n) is 1.72. The Labute approximate surface area is 122 Å². The quantitative estimate of drug-likeness (QED) is 0.579. The molecule has 6 heteroatoms. The number of rotatable bonds is 5. The Balaban J connectivity index is 2.06. The van der Waals surface area contributed by atoms with Crippen molar-refractivity contribution in [3.63, 3.8) is 0 Å². The van der Waals surface area contributed by atoms with Crippen molar-refractivity contribution in [1.82, 2.24) is 15.5 Å². The molecule has 0 fully saturated rings. The van der Waals surface area contributed by atoms with Gasteiger partial charge in [-0.05, 0) is 24.1 Å². The topological polar surface area (TPSA) is 93.6 Å². The number of carbonyl (C=O) groups is 1. The van der Waals surface area contributed by atoms with Gasteiger partial charge in [0.1, 0.15) is 11.6 Å². The number of anilines is 1. The van der Waals surface area contributed by atoms with Gasteiger partial charge in [-0.3, -0.25) is 9.89 Å². The predicted octanol–water partition coefficient (Wildman–Crippen LogP) is 2.15. The highest BCUT2D eigenvalue weighted by Gasteiger charge is 2.08. The number of nitrogens with zero attached hydrogens (tertiary/aromatic N) is 2. The third-order valence-electron chi connectivity index (χ3n) is 2.86. The van der Waals surface area contributed by atoms with Crippen molar-refractivity contribution in [2.75, 3.05) is 11.9 Å².